The molecule has 0 aliphatic carbocycles. The summed E-state index contributed by atoms with van der Waals surface area (Å²) < 4.78 is 40.0. The fraction of sp³-hybridized carbons (Fsp3) is 0.435. The van der Waals surface area contributed by atoms with E-state index in [1.807, 2.05) is 24.3 Å². The molecule has 0 radical (unpaired) electrons. The lowest BCUT2D eigenvalue weighted by Gasteiger charge is -2.35. The molecule has 174 valence electrons. The van der Waals surface area contributed by atoms with Crippen molar-refractivity contribution in [1.29, 1.82) is 0 Å². The number of carbonyl (C=O) groups is 1. The summed E-state index contributed by atoms with van der Waals surface area (Å²) in [6.45, 7) is 2.97. The maximum atomic E-state index is 13.4. The number of ether oxygens (including phenoxy) is 2. The van der Waals surface area contributed by atoms with Gasteiger partial charge < -0.3 is 14.8 Å². The highest BCUT2D eigenvalue weighted by molar-refractivity contribution is 7.90. The van der Waals surface area contributed by atoms with Gasteiger partial charge in [-0.15, -0.1) is 0 Å². The minimum absolute atomic E-state index is 0.150. The lowest BCUT2D eigenvalue weighted by molar-refractivity contribution is -0.126. The molecule has 1 fully saturated rings. The first-order chi connectivity index (χ1) is 15.4. The van der Waals surface area contributed by atoms with Crippen LogP contribution >= 0.6 is 0 Å². The lowest BCUT2D eigenvalue weighted by atomic mass is 9.98. The number of carbonyl (C=O) groups excluding carboxylic acids is 1. The maximum Gasteiger partial charge on any atom is 0.304 e. The summed E-state index contributed by atoms with van der Waals surface area (Å²) in [5, 5.41) is 2.94. The maximum absolute atomic E-state index is 13.4. The quantitative estimate of drug-likeness (QED) is 0.620. The zero-order chi connectivity index (χ0) is 23.1. The van der Waals surface area contributed by atoms with Gasteiger partial charge in [-0.3, -0.25) is 9.10 Å². The van der Waals surface area contributed by atoms with Crippen molar-refractivity contribution in [2.24, 2.45) is 5.92 Å². The highest BCUT2D eigenvalue weighted by Crippen LogP contribution is 2.27. The Balaban J connectivity index is 1.68. The molecule has 1 amide bonds. The van der Waals surface area contributed by atoms with Crippen LogP contribution in [-0.4, -0.2) is 52.5 Å². The number of methoxy groups -OCH3 is 2. The Labute approximate surface area is 190 Å². The summed E-state index contributed by atoms with van der Waals surface area (Å²) in [7, 11) is -0.609. The number of nitrogens with one attached hydrogen (secondary N) is 1. The molecule has 1 atom stereocenters. The van der Waals surface area contributed by atoms with Crippen LogP contribution in [0, 0.1) is 5.92 Å². The highest BCUT2D eigenvalue weighted by atomic mass is 32.2. The van der Waals surface area contributed by atoms with Crippen molar-refractivity contribution in [3.63, 3.8) is 0 Å². The smallest absolute Gasteiger partial charge is 0.304 e. The SMILES string of the molecule is CCN(c1ccc(OC)cc1)S(=O)(=O)N1CCCC(C(=O)NCc2ccccc2OC)C1. The Kier molecular flexibility index (Phi) is 7.98. The van der Waals surface area contributed by atoms with Crippen LogP contribution in [0.3, 0.4) is 0 Å². The van der Waals surface area contributed by atoms with E-state index in [0.717, 1.165) is 5.56 Å². The van der Waals surface area contributed by atoms with E-state index in [1.54, 1.807) is 45.4 Å². The number of hydrogen-bond acceptors (Lipinski definition) is 5. The number of benzene rings is 2. The Bertz CT molecular complexity index is 1010. The van der Waals surface area contributed by atoms with Crippen LogP contribution in [0.4, 0.5) is 5.69 Å². The first-order valence-electron chi connectivity index (χ1n) is 10.7. The molecule has 0 saturated carbocycles. The summed E-state index contributed by atoms with van der Waals surface area (Å²) in [4.78, 5) is 12.8. The molecule has 1 N–H and O–H groups in total. The van der Waals surface area contributed by atoms with Crippen molar-refractivity contribution >= 4 is 21.8 Å². The van der Waals surface area contributed by atoms with Gasteiger partial charge in [-0.05, 0) is 50.1 Å². The van der Waals surface area contributed by atoms with Gasteiger partial charge in [0.2, 0.25) is 5.91 Å². The van der Waals surface area contributed by atoms with E-state index < -0.39 is 16.1 Å². The van der Waals surface area contributed by atoms with Crippen LogP contribution in [0.2, 0.25) is 0 Å². The third-order valence-corrected chi connectivity index (χ3v) is 7.66. The van der Waals surface area contributed by atoms with Gasteiger partial charge in [0.25, 0.3) is 0 Å². The minimum atomic E-state index is -3.77. The summed E-state index contributed by atoms with van der Waals surface area (Å²) in [5.74, 6) is 0.816. The first-order valence-corrected chi connectivity index (χ1v) is 12.1. The number of para-hydroxylation sites is 1. The molecule has 0 aromatic heterocycles. The fourth-order valence-corrected chi connectivity index (χ4v) is 5.63. The van der Waals surface area contributed by atoms with Crippen LogP contribution in [0.25, 0.3) is 0 Å². The Morgan fingerprint density at radius 1 is 1.12 bits per heavy atom. The van der Waals surface area contributed by atoms with E-state index in [-0.39, 0.29) is 19.0 Å². The van der Waals surface area contributed by atoms with E-state index in [4.69, 9.17) is 9.47 Å². The summed E-state index contributed by atoms with van der Waals surface area (Å²) >= 11 is 0. The van der Waals surface area contributed by atoms with E-state index in [0.29, 0.717) is 43.1 Å². The molecule has 1 heterocycles. The van der Waals surface area contributed by atoms with Crippen molar-refractivity contribution in [3.05, 3.63) is 54.1 Å². The molecule has 1 unspecified atom stereocenters. The molecule has 1 aliphatic heterocycles. The molecular formula is C23H31N3O5S. The van der Waals surface area contributed by atoms with Crippen molar-refractivity contribution in [1.82, 2.24) is 9.62 Å². The molecular weight excluding hydrogens is 430 g/mol. The molecule has 3 rings (SSSR count). The van der Waals surface area contributed by atoms with Crippen molar-refractivity contribution in [3.8, 4) is 11.5 Å². The molecule has 9 heteroatoms. The topological polar surface area (TPSA) is 88.2 Å². The summed E-state index contributed by atoms with van der Waals surface area (Å²) in [5.41, 5.74) is 1.44. The molecule has 2 aromatic rings. The number of anilines is 1. The Hall–Kier alpha value is -2.78. The van der Waals surface area contributed by atoms with Gasteiger partial charge in [0.1, 0.15) is 11.5 Å². The van der Waals surface area contributed by atoms with Gasteiger partial charge in [-0.1, -0.05) is 18.2 Å². The fourth-order valence-electron chi connectivity index (χ4n) is 3.91. The largest absolute Gasteiger partial charge is 0.497 e. The molecule has 1 aliphatic rings. The normalized spacial score (nSPS) is 16.9. The first kappa shape index (κ1) is 23.9. The van der Waals surface area contributed by atoms with E-state index >= 15 is 0 Å². The predicted molar refractivity (Wildman–Crippen MR) is 124 cm³/mol. The van der Waals surface area contributed by atoms with Crippen LogP contribution in [0.5, 0.6) is 11.5 Å². The van der Waals surface area contributed by atoms with Crippen LogP contribution < -0.4 is 19.1 Å². The lowest BCUT2D eigenvalue weighted by Crippen LogP contribution is -2.50. The van der Waals surface area contributed by atoms with Crippen LogP contribution in [0.1, 0.15) is 25.3 Å². The molecule has 0 spiro atoms. The number of piperidine rings is 1. The molecule has 0 bridgehead atoms. The van der Waals surface area contributed by atoms with E-state index in [2.05, 4.69) is 5.32 Å². The third kappa shape index (κ3) is 5.34. The van der Waals surface area contributed by atoms with Gasteiger partial charge in [0, 0.05) is 31.7 Å². The van der Waals surface area contributed by atoms with Crippen molar-refractivity contribution in [2.45, 2.75) is 26.3 Å². The second-order valence-corrected chi connectivity index (χ2v) is 9.45. The number of amides is 1. The molecule has 2 aromatic carbocycles. The molecule has 32 heavy (non-hydrogen) atoms. The second kappa shape index (κ2) is 10.7. The minimum Gasteiger partial charge on any atom is -0.497 e. The van der Waals surface area contributed by atoms with Crippen molar-refractivity contribution in [2.75, 3.05) is 38.2 Å². The van der Waals surface area contributed by atoms with Crippen LogP contribution in [-0.2, 0) is 21.5 Å². The number of hydrogen-bond donors (Lipinski definition) is 1. The Morgan fingerprint density at radius 3 is 2.50 bits per heavy atom. The van der Waals surface area contributed by atoms with Crippen LogP contribution in [0.15, 0.2) is 48.5 Å². The summed E-state index contributed by atoms with van der Waals surface area (Å²) in [6, 6.07) is 14.4. The van der Waals surface area contributed by atoms with Gasteiger partial charge in [-0.25, -0.2) is 0 Å². The zero-order valence-electron chi connectivity index (χ0n) is 18.8. The van der Waals surface area contributed by atoms with Gasteiger partial charge in [0.15, 0.2) is 0 Å². The molecule has 1 saturated heterocycles. The highest BCUT2D eigenvalue weighted by Gasteiger charge is 2.35. The van der Waals surface area contributed by atoms with Gasteiger partial charge >= 0.3 is 10.2 Å². The number of rotatable bonds is 9. The monoisotopic (exact) mass is 461 g/mol. The Morgan fingerprint density at radius 2 is 1.84 bits per heavy atom. The molecule has 8 nitrogen and oxygen atoms in total. The predicted octanol–water partition coefficient (Wildman–Crippen LogP) is 2.80. The van der Waals surface area contributed by atoms with Gasteiger partial charge in [0.05, 0.1) is 25.8 Å². The van der Waals surface area contributed by atoms with E-state index in [9.17, 15) is 13.2 Å². The zero-order valence-corrected chi connectivity index (χ0v) is 19.6. The summed E-state index contributed by atoms with van der Waals surface area (Å²) in [6.07, 6.45) is 1.28. The van der Waals surface area contributed by atoms with Gasteiger partial charge in [-0.2, -0.15) is 12.7 Å². The average Bonchev–Trinajstić information content (AvgIpc) is 2.83. The third-order valence-electron chi connectivity index (χ3n) is 5.65. The second-order valence-electron chi connectivity index (χ2n) is 7.60. The standard InChI is InChI=1S/C23H31N3O5S/c1-4-26(20-11-13-21(30-2)14-12-20)32(28,29)25-15-7-9-19(17-25)23(27)24-16-18-8-5-6-10-22(18)31-3/h5-6,8,10-14,19H,4,7,9,15-17H2,1-3H3,(H,24,27). The average molecular weight is 462 g/mol. The number of nitrogens with zero attached hydrogens (tertiary/aromatic N) is 2. The van der Waals surface area contributed by atoms with Crippen molar-refractivity contribution < 1.29 is 22.7 Å². The van der Waals surface area contributed by atoms with E-state index in [1.165, 1.54) is 8.61 Å².